The van der Waals surface area contributed by atoms with Crippen LogP contribution in [0.25, 0.3) is 0 Å². The molecule has 0 saturated carbocycles. The highest BCUT2D eigenvalue weighted by atomic mass is 16.5. The number of nitriles is 1. The second-order valence-corrected chi connectivity index (χ2v) is 5.01. The van der Waals surface area contributed by atoms with Crippen LogP contribution in [-0.4, -0.2) is 37.9 Å². The summed E-state index contributed by atoms with van der Waals surface area (Å²) in [6.07, 6.45) is 2.40. The molecular weight excluding hydrogens is 238 g/mol. The largest absolute Gasteiger partial charge is 0.365 e. The van der Waals surface area contributed by atoms with Crippen molar-refractivity contribution in [2.75, 3.05) is 20.7 Å². The molecule has 0 aromatic heterocycles. The molecule has 0 bridgehead atoms. The summed E-state index contributed by atoms with van der Waals surface area (Å²) in [6.45, 7) is 1.79. The van der Waals surface area contributed by atoms with Crippen molar-refractivity contribution in [3.8, 4) is 6.07 Å². The molecule has 1 fully saturated rings. The molecule has 2 unspecified atom stereocenters. The summed E-state index contributed by atoms with van der Waals surface area (Å²) in [5.41, 5.74) is 1.79. The van der Waals surface area contributed by atoms with Crippen LogP contribution in [-0.2, 0) is 11.3 Å². The van der Waals surface area contributed by atoms with Crippen LogP contribution in [0.3, 0.4) is 0 Å². The van der Waals surface area contributed by atoms with Crippen molar-refractivity contribution in [3.05, 3.63) is 35.4 Å². The van der Waals surface area contributed by atoms with Crippen LogP contribution in [0.1, 0.15) is 24.0 Å². The van der Waals surface area contributed by atoms with Gasteiger partial charge in [-0.05, 0) is 31.5 Å². The Morgan fingerprint density at radius 2 is 2.26 bits per heavy atom. The smallest absolute Gasteiger partial charge is 0.125 e. The molecule has 1 heterocycles. The number of hydrogen-bond acceptors (Lipinski definition) is 4. The molecule has 1 N–H and O–H groups in total. The van der Waals surface area contributed by atoms with Crippen LogP contribution in [0.15, 0.2) is 24.3 Å². The summed E-state index contributed by atoms with van der Waals surface area (Å²) in [5.74, 6) is 0. The van der Waals surface area contributed by atoms with E-state index < -0.39 is 0 Å². The first-order valence-electron chi connectivity index (χ1n) is 6.70. The van der Waals surface area contributed by atoms with Crippen molar-refractivity contribution >= 4 is 0 Å². The second-order valence-electron chi connectivity index (χ2n) is 5.01. The molecule has 0 amide bonds. The summed E-state index contributed by atoms with van der Waals surface area (Å²) >= 11 is 0. The molecule has 1 saturated heterocycles. The van der Waals surface area contributed by atoms with E-state index in [1.807, 2.05) is 24.3 Å². The van der Waals surface area contributed by atoms with Gasteiger partial charge in [0.25, 0.3) is 0 Å². The highest BCUT2D eigenvalue weighted by Gasteiger charge is 2.28. The molecule has 102 valence electrons. The lowest BCUT2D eigenvalue weighted by Crippen LogP contribution is -2.53. The number of methoxy groups -OCH3 is 1. The maximum atomic E-state index is 9.08. The average molecular weight is 259 g/mol. The lowest BCUT2D eigenvalue weighted by Gasteiger charge is -2.38. The number of rotatable bonds is 4. The highest BCUT2D eigenvalue weighted by Crippen LogP contribution is 2.17. The van der Waals surface area contributed by atoms with Crippen LogP contribution < -0.4 is 5.32 Å². The number of piperidine rings is 1. The molecule has 1 aliphatic heterocycles. The van der Waals surface area contributed by atoms with Gasteiger partial charge in [0.05, 0.1) is 11.6 Å². The zero-order valence-corrected chi connectivity index (χ0v) is 11.6. The fraction of sp³-hybridized carbons (Fsp3) is 0.533. The molecule has 4 nitrogen and oxygen atoms in total. The number of ether oxygens (including phenoxy) is 1. The third-order valence-electron chi connectivity index (χ3n) is 3.74. The van der Waals surface area contributed by atoms with Crippen LogP contribution >= 0.6 is 0 Å². The Labute approximate surface area is 115 Å². The second kappa shape index (κ2) is 6.67. The fourth-order valence-corrected chi connectivity index (χ4v) is 2.71. The summed E-state index contributed by atoms with van der Waals surface area (Å²) < 4.78 is 5.56. The van der Waals surface area contributed by atoms with Crippen molar-refractivity contribution in [1.29, 1.82) is 5.26 Å². The van der Waals surface area contributed by atoms with E-state index in [9.17, 15) is 0 Å². The molecule has 2 rings (SSSR count). The van der Waals surface area contributed by atoms with Crippen molar-refractivity contribution in [2.45, 2.75) is 31.7 Å². The Morgan fingerprint density at radius 3 is 3.00 bits per heavy atom. The van der Waals surface area contributed by atoms with Gasteiger partial charge < -0.3 is 10.1 Å². The van der Waals surface area contributed by atoms with Crippen LogP contribution in [0.4, 0.5) is 0 Å². The first-order chi connectivity index (χ1) is 9.26. The van der Waals surface area contributed by atoms with Gasteiger partial charge in [0.1, 0.15) is 6.23 Å². The van der Waals surface area contributed by atoms with Crippen molar-refractivity contribution < 1.29 is 4.74 Å². The predicted molar refractivity (Wildman–Crippen MR) is 74.4 cm³/mol. The SMILES string of the molecule is COC1C(NCc2ccccc2C#N)CCCN1C. The van der Waals surface area contributed by atoms with Gasteiger partial charge in [-0.1, -0.05) is 18.2 Å². The van der Waals surface area contributed by atoms with E-state index in [0.717, 1.165) is 24.1 Å². The minimum Gasteiger partial charge on any atom is -0.365 e. The number of hydrogen-bond donors (Lipinski definition) is 1. The summed E-state index contributed by atoms with van der Waals surface area (Å²) in [4.78, 5) is 2.23. The Bertz CT molecular complexity index is 455. The van der Waals surface area contributed by atoms with E-state index >= 15 is 0 Å². The Kier molecular flexibility index (Phi) is 4.92. The van der Waals surface area contributed by atoms with E-state index in [2.05, 4.69) is 23.3 Å². The van der Waals surface area contributed by atoms with Gasteiger partial charge in [0.2, 0.25) is 0 Å². The lowest BCUT2D eigenvalue weighted by atomic mass is 10.0. The van der Waals surface area contributed by atoms with Crippen molar-refractivity contribution in [1.82, 2.24) is 10.2 Å². The third-order valence-corrected chi connectivity index (χ3v) is 3.74. The summed E-state index contributed by atoms with van der Waals surface area (Å²) in [6, 6.07) is 10.3. The minimum atomic E-state index is 0.114. The van der Waals surface area contributed by atoms with Gasteiger partial charge >= 0.3 is 0 Å². The minimum absolute atomic E-state index is 0.114. The molecule has 0 aliphatic carbocycles. The molecule has 2 atom stereocenters. The van der Waals surface area contributed by atoms with Crippen molar-refractivity contribution in [3.63, 3.8) is 0 Å². The molecule has 19 heavy (non-hydrogen) atoms. The molecule has 1 aromatic carbocycles. The van der Waals surface area contributed by atoms with Crippen LogP contribution in [0.2, 0.25) is 0 Å². The maximum absolute atomic E-state index is 9.08. The number of nitrogens with zero attached hydrogens (tertiary/aromatic N) is 2. The van der Waals surface area contributed by atoms with Gasteiger partial charge in [-0.3, -0.25) is 4.90 Å². The predicted octanol–water partition coefficient (Wildman–Crippen LogP) is 1.71. The molecule has 4 heteroatoms. The number of likely N-dealkylation sites (N-methyl/N-ethyl adjacent to an activating group) is 1. The van der Waals surface area contributed by atoms with Gasteiger partial charge in [-0.25, -0.2) is 0 Å². The number of nitrogens with one attached hydrogen (secondary N) is 1. The number of likely N-dealkylation sites (tertiary alicyclic amines) is 1. The Hall–Kier alpha value is -1.41. The summed E-state index contributed by atoms with van der Waals surface area (Å²) in [7, 11) is 3.84. The first kappa shape index (κ1) is 14.0. The van der Waals surface area contributed by atoms with E-state index in [1.165, 1.54) is 6.42 Å². The van der Waals surface area contributed by atoms with E-state index in [1.54, 1.807) is 7.11 Å². The Balaban J connectivity index is 1.99. The molecule has 1 aromatic rings. The molecule has 0 spiro atoms. The monoisotopic (exact) mass is 259 g/mol. The fourth-order valence-electron chi connectivity index (χ4n) is 2.71. The zero-order chi connectivity index (χ0) is 13.7. The molecule has 1 aliphatic rings. The first-order valence-corrected chi connectivity index (χ1v) is 6.70. The van der Waals surface area contributed by atoms with E-state index in [-0.39, 0.29) is 6.23 Å². The highest BCUT2D eigenvalue weighted by molar-refractivity contribution is 5.37. The Morgan fingerprint density at radius 1 is 1.47 bits per heavy atom. The van der Waals surface area contributed by atoms with Crippen molar-refractivity contribution in [2.24, 2.45) is 0 Å². The van der Waals surface area contributed by atoms with Gasteiger partial charge in [0.15, 0.2) is 0 Å². The lowest BCUT2D eigenvalue weighted by molar-refractivity contribution is -0.0634. The van der Waals surface area contributed by atoms with Gasteiger partial charge in [-0.15, -0.1) is 0 Å². The third kappa shape index (κ3) is 3.32. The summed E-state index contributed by atoms with van der Waals surface area (Å²) in [5, 5.41) is 12.6. The van der Waals surface area contributed by atoms with Crippen LogP contribution in [0, 0.1) is 11.3 Å². The van der Waals surface area contributed by atoms with E-state index in [0.29, 0.717) is 12.6 Å². The molecule has 0 radical (unpaired) electrons. The molecular formula is C15H21N3O. The maximum Gasteiger partial charge on any atom is 0.125 e. The van der Waals surface area contributed by atoms with E-state index in [4.69, 9.17) is 10.00 Å². The standard InChI is InChI=1S/C15H21N3O/c1-18-9-5-8-14(15(18)19-2)17-11-13-7-4-3-6-12(13)10-16/h3-4,6-7,14-15,17H,5,8-9,11H2,1-2H3. The quantitative estimate of drug-likeness (QED) is 0.894. The zero-order valence-electron chi connectivity index (χ0n) is 11.6. The van der Waals surface area contributed by atoms with Gasteiger partial charge in [0, 0.05) is 26.2 Å². The van der Waals surface area contributed by atoms with Crippen LogP contribution in [0.5, 0.6) is 0 Å². The number of benzene rings is 1. The normalized spacial score (nSPS) is 24.1. The van der Waals surface area contributed by atoms with Gasteiger partial charge in [-0.2, -0.15) is 5.26 Å². The average Bonchev–Trinajstić information content (AvgIpc) is 2.45. The topological polar surface area (TPSA) is 48.3 Å².